The molecule has 54 heavy (non-hydrogen) atoms. The van der Waals surface area contributed by atoms with Crippen LogP contribution in [0.15, 0.2) is 205 Å². The first-order valence-corrected chi connectivity index (χ1v) is 18.5. The minimum Gasteiger partial charge on any atom is -0.455 e. The first-order chi connectivity index (χ1) is 26.8. The van der Waals surface area contributed by atoms with Crippen molar-refractivity contribution >= 4 is 82.1 Å². The second-order valence-electron chi connectivity index (χ2n) is 14.1. The molecule has 0 atom stereocenters. The van der Waals surface area contributed by atoms with Gasteiger partial charge < -0.3 is 9.32 Å². The van der Waals surface area contributed by atoms with E-state index in [9.17, 15) is 0 Å². The molecule has 1 heterocycles. The highest BCUT2D eigenvalue weighted by atomic mass is 16.3. The lowest BCUT2D eigenvalue weighted by Crippen LogP contribution is -2.09. The van der Waals surface area contributed by atoms with Gasteiger partial charge in [0.05, 0.1) is 0 Å². The van der Waals surface area contributed by atoms with E-state index in [1.165, 1.54) is 60.0 Å². The molecular weight excluding hydrogens is 655 g/mol. The smallest absolute Gasteiger partial charge is 0.143 e. The molecule has 0 saturated carbocycles. The van der Waals surface area contributed by atoms with Gasteiger partial charge in [-0.2, -0.15) is 0 Å². The maximum atomic E-state index is 6.53. The molecule has 0 spiro atoms. The van der Waals surface area contributed by atoms with E-state index in [0.29, 0.717) is 0 Å². The third-order valence-electron chi connectivity index (χ3n) is 11.0. The lowest BCUT2D eigenvalue weighted by molar-refractivity contribution is 0.672. The van der Waals surface area contributed by atoms with Gasteiger partial charge >= 0.3 is 0 Å². The Kier molecular flexibility index (Phi) is 6.90. The van der Waals surface area contributed by atoms with Crippen molar-refractivity contribution in [2.75, 3.05) is 4.90 Å². The average Bonchev–Trinajstić information content (AvgIpc) is 3.62. The molecule has 1 aromatic heterocycles. The van der Waals surface area contributed by atoms with Gasteiger partial charge in [-0.25, -0.2) is 0 Å². The Labute approximate surface area is 312 Å². The normalized spacial score (nSPS) is 11.7. The monoisotopic (exact) mass is 687 g/mol. The Morgan fingerprint density at radius 1 is 0.296 bits per heavy atom. The van der Waals surface area contributed by atoms with Crippen molar-refractivity contribution in [2.45, 2.75) is 0 Å². The zero-order valence-electron chi connectivity index (χ0n) is 29.4. The third kappa shape index (κ3) is 4.88. The summed E-state index contributed by atoms with van der Waals surface area (Å²) in [6.07, 6.45) is 0. The summed E-state index contributed by atoms with van der Waals surface area (Å²) in [6.45, 7) is 0. The highest BCUT2D eigenvalue weighted by molar-refractivity contribution is 6.17. The van der Waals surface area contributed by atoms with Crippen LogP contribution in [0.3, 0.4) is 0 Å². The predicted octanol–water partition coefficient (Wildman–Crippen LogP) is 15.0. The van der Waals surface area contributed by atoms with Crippen LogP contribution in [0.5, 0.6) is 0 Å². The van der Waals surface area contributed by atoms with E-state index in [2.05, 4.69) is 205 Å². The van der Waals surface area contributed by atoms with E-state index in [-0.39, 0.29) is 0 Å². The van der Waals surface area contributed by atoms with Gasteiger partial charge in [0.1, 0.15) is 11.2 Å². The molecule has 11 rings (SSSR count). The molecule has 0 fully saturated rings. The minimum absolute atomic E-state index is 0.884. The van der Waals surface area contributed by atoms with Crippen LogP contribution in [0.25, 0.3) is 87.3 Å². The second kappa shape index (κ2) is 12.2. The van der Waals surface area contributed by atoms with Crippen molar-refractivity contribution < 1.29 is 4.42 Å². The fraction of sp³-hybridized carbons (Fsp3) is 0. The van der Waals surface area contributed by atoms with Crippen molar-refractivity contribution in [3.63, 3.8) is 0 Å². The maximum absolute atomic E-state index is 6.53. The Hall–Kier alpha value is -7.16. The summed E-state index contributed by atoms with van der Waals surface area (Å²) >= 11 is 0. The average molecular weight is 688 g/mol. The van der Waals surface area contributed by atoms with Gasteiger partial charge in [-0.3, -0.25) is 0 Å². The molecule has 0 aliphatic heterocycles. The summed E-state index contributed by atoms with van der Waals surface area (Å²) < 4.78 is 6.53. The highest BCUT2D eigenvalue weighted by Crippen LogP contribution is 2.43. The van der Waals surface area contributed by atoms with Crippen molar-refractivity contribution in [3.8, 4) is 22.3 Å². The lowest BCUT2D eigenvalue weighted by atomic mass is 9.90. The summed E-state index contributed by atoms with van der Waals surface area (Å²) in [7, 11) is 0. The van der Waals surface area contributed by atoms with Gasteiger partial charge in [-0.05, 0) is 115 Å². The molecule has 2 heteroatoms. The van der Waals surface area contributed by atoms with E-state index in [4.69, 9.17) is 4.42 Å². The van der Waals surface area contributed by atoms with Crippen molar-refractivity contribution in [1.29, 1.82) is 0 Å². The molecule has 0 radical (unpaired) electrons. The Balaban J connectivity index is 1.10. The molecule has 0 bridgehead atoms. The molecule has 0 aliphatic rings. The zero-order chi connectivity index (χ0) is 35.6. The van der Waals surface area contributed by atoms with Gasteiger partial charge in [0.2, 0.25) is 0 Å². The van der Waals surface area contributed by atoms with Crippen LogP contribution in [0.4, 0.5) is 17.1 Å². The fourth-order valence-corrected chi connectivity index (χ4v) is 8.43. The summed E-state index contributed by atoms with van der Waals surface area (Å²) in [5.41, 5.74) is 9.94. The van der Waals surface area contributed by atoms with Crippen molar-refractivity contribution in [3.05, 3.63) is 200 Å². The molecule has 2 nitrogen and oxygen atoms in total. The number of anilines is 3. The summed E-state index contributed by atoms with van der Waals surface area (Å²) in [5.74, 6) is 0. The summed E-state index contributed by atoms with van der Waals surface area (Å²) in [5, 5.41) is 12.0. The van der Waals surface area contributed by atoms with Gasteiger partial charge in [0, 0.05) is 33.2 Å². The lowest BCUT2D eigenvalue weighted by Gasteiger charge is -2.26. The van der Waals surface area contributed by atoms with Crippen molar-refractivity contribution in [2.24, 2.45) is 0 Å². The molecule has 0 unspecified atom stereocenters. The number of hydrogen-bond donors (Lipinski definition) is 0. The van der Waals surface area contributed by atoms with Gasteiger partial charge in [-0.15, -0.1) is 0 Å². The van der Waals surface area contributed by atoms with Crippen LogP contribution < -0.4 is 4.90 Å². The second-order valence-corrected chi connectivity index (χ2v) is 14.1. The van der Waals surface area contributed by atoms with Crippen LogP contribution in [0.2, 0.25) is 0 Å². The molecule has 10 aromatic carbocycles. The molecule has 0 saturated heterocycles. The molecule has 0 aliphatic carbocycles. The van der Waals surface area contributed by atoms with Crippen LogP contribution >= 0.6 is 0 Å². The number of rotatable bonds is 5. The van der Waals surface area contributed by atoms with E-state index in [1.807, 2.05) is 0 Å². The SMILES string of the molecule is c1ccc(-c2ccc(N(c3ccc4c(-c5cc6ccccc6c6ccccc56)cccc4c3)c3ccc4oc5c6ccccc6ccc5c4c3)cc2)cc1. The minimum atomic E-state index is 0.884. The first kappa shape index (κ1) is 30.5. The zero-order valence-corrected chi connectivity index (χ0v) is 29.4. The quantitative estimate of drug-likeness (QED) is 0.168. The number of nitrogens with zero attached hydrogens (tertiary/aromatic N) is 1. The largest absolute Gasteiger partial charge is 0.455 e. The fourth-order valence-electron chi connectivity index (χ4n) is 8.43. The standard InChI is InChI=1S/C52H33NO/c1-2-11-34(12-3-1)35-21-24-39(25-22-35)53(41-27-30-51-50(33-41)48-28-23-36-13-4-7-17-44(36)52(48)54-51)40-26-29-43-37(31-40)15-10-20-46(43)49-32-38-14-5-6-16-42(38)45-18-8-9-19-47(45)49/h1-33H. The van der Waals surface area contributed by atoms with Crippen LogP contribution in [-0.2, 0) is 0 Å². The van der Waals surface area contributed by atoms with E-state index < -0.39 is 0 Å². The number of benzene rings is 10. The molecule has 11 aromatic rings. The third-order valence-corrected chi connectivity index (χ3v) is 11.0. The summed E-state index contributed by atoms with van der Waals surface area (Å²) in [6, 6.07) is 72.3. The van der Waals surface area contributed by atoms with Crippen LogP contribution in [0.1, 0.15) is 0 Å². The Bertz CT molecular complexity index is 3210. The molecule has 0 N–H and O–H groups in total. The highest BCUT2D eigenvalue weighted by Gasteiger charge is 2.18. The van der Waals surface area contributed by atoms with Gasteiger partial charge in [0.15, 0.2) is 0 Å². The van der Waals surface area contributed by atoms with Crippen LogP contribution in [-0.4, -0.2) is 0 Å². The van der Waals surface area contributed by atoms with Gasteiger partial charge in [0.25, 0.3) is 0 Å². The topological polar surface area (TPSA) is 16.4 Å². The Morgan fingerprint density at radius 3 is 1.76 bits per heavy atom. The number of fused-ring (bicyclic) bond motifs is 9. The van der Waals surface area contributed by atoms with Crippen LogP contribution in [0, 0.1) is 0 Å². The van der Waals surface area contributed by atoms with Crippen molar-refractivity contribution in [1.82, 2.24) is 0 Å². The first-order valence-electron chi connectivity index (χ1n) is 18.5. The summed E-state index contributed by atoms with van der Waals surface area (Å²) in [4.78, 5) is 2.37. The van der Waals surface area contributed by atoms with Gasteiger partial charge in [-0.1, -0.05) is 146 Å². The molecule has 0 amide bonds. The molecular formula is C52H33NO. The number of hydrogen-bond acceptors (Lipinski definition) is 2. The van der Waals surface area contributed by atoms with E-state index in [0.717, 1.165) is 44.4 Å². The van der Waals surface area contributed by atoms with E-state index >= 15 is 0 Å². The predicted molar refractivity (Wildman–Crippen MR) is 229 cm³/mol. The van der Waals surface area contributed by atoms with E-state index in [1.54, 1.807) is 0 Å². The maximum Gasteiger partial charge on any atom is 0.143 e. The number of furan rings is 1. The molecule has 252 valence electrons. The Morgan fingerprint density at radius 2 is 0.907 bits per heavy atom.